The third-order valence-electron chi connectivity index (χ3n) is 2.19. The van der Waals surface area contributed by atoms with Crippen LogP contribution in [0, 0.1) is 11.8 Å². The Morgan fingerprint density at radius 1 is 1.14 bits per heavy atom. The van der Waals surface area contributed by atoms with E-state index in [0.717, 1.165) is 0 Å². The minimum Gasteiger partial charge on any atom is -0.384 e. The second kappa shape index (κ2) is 7.42. The number of hydrogen-bond donors (Lipinski definition) is 3. The van der Waals surface area contributed by atoms with Crippen LogP contribution in [0.25, 0.3) is 0 Å². The molecular weight excluding hydrogens is 309 g/mol. The molecule has 0 bridgehead atoms. The van der Waals surface area contributed by atoms with Gasteiger partial charge in [0.15, 0.2) is 0 Å². The SMILES string of the molecule is O=S(=O)(NCc1ccc(C#CCO)cc1)NCC(F)(F)F. The summed E-state index contributed by atoms with van der Waals surface area (Å²) in [5, 5.41) is 8.53. The molecule has 0 unspecified atom stereocenters. The summed E-state index contributed by atoms with van der Waals surface area (Å²) >= 11 is 0. The lowest BCUT2D eigenvalue weighted by Crippen LogP contribution is -2.41. The Morgan fingerprint density at radius 2 is 1.76 bits per heavy atom. The number of aliphatic hydroxyl groups excluding tert-OH is 1. The fourth-order valence-corrected chi connectivity index (χ4v) is 2.07. The molecule has 21 heavy (non-hydrogen) atoms. The highest BCUT2D eigenvalue weighted by atomic mass is 32.2. The Labute approximate surface area is 120 Å². The van der Waals surface area contributed by atoms with Gasteiger partial charge in [-0.3, -0.25) is 0 Å². The maximum Gasteiger partial charge on any atom is 0.402 e. The number of nitrogens with one attached hydrogen (secondary N) is 2. The molecule has 0 saturated carbocycles. The molecule has 0 spiro atoms. The molecule has 0 aliphatic carbocycles. The van der Waals surface area contributed by atoms with Crippen molar-refractivity contribution in [1.29, 1.82) is 0 Å². The largest absolute Gasteiger partial charge is 0.402 e. The second-order valence-corrected chi connectivity index (χ2v) is 5.50. The van der Waals surface area contributed by atoms with Crippen molar-refractivity contribution >= 4 is 10.2 Å². The predicted molar refractivity (Wildman–Crippen MR) is 70.2 cm³/mol. The molecule has 0 aliphatic heterocycles. The number of rotatable bonds is 5. The molecular formula is C12H13F3N2O3S. The van der Waals surface area contributed by atoms with Crippen molar-refractivity contribution < 1.29 is 26.7 Å². The van der Waals surface area contributed by atoms with E-state index in [9.17, 15) is 21.6 Å². The average Bonchev–Trinajstić information content (AvgIpc) is 2.41. The maximum atomic E-state index is 11.9. The zero-order chi connectivity index (χ0) is 15.9. The first-order valence-corrected chi connectivity index (χ1v) is 7.20. The molecule has 1 aromatic rings. The highest BCUT2D eigenvalue weighted by molar-refractivity contribution is 7.87. The van der Waals surface area contributed by atoms with Gasteiger partial charge in [-0.25, -0.2) is 0 Å². The lowest BCUT2D eigenvalue weighted by atomic mass is 10.1. The van der Waals surface area contributed by atoms with E-state index in [1.54, 1.807) is 24.3 Å². The van der Waals surface area contributed by atoms with Gasteiger partial charge in [0, 0.05) is 12.1 Å². The minimum absolute atomic E-state index is 0.152. The van der Waals surface area contributed by atoms with E-state index in [-0.39, 0.29) is 13.2 Å². The zero-order valence-electron chi connectivity index (χ0n) is 10.7. The van der Waals surface area contributed by atoms with Crippen LogP contribution < -0.4 is 9.44 Å². The van der Waals surface area contributed by atoms with Crippen LogP contribution in [0.1, 0.15) is 11.1 Å². The predicted octanol–water partition coefficient (Wildman–Crippen LogP) is 0.517. The van der Waals surface area contributed by atoms with Crippen molar-refractivity contribution in [1.82, 2.24) is 9.44 Å². The summed E-state index contributed by atoms with van der Waals surface area (Å²) in [4.78, 5) is 0. The third kappa shape index (κ3) is 7.67. The Balaban J connectivity index is 2.54. The molecule has 0 amide bonds. The fourth-order valence-electron chi connectivity index (χ4n) is 1.25. The van der Waals surface area contributed by atoms with Crippen LogP contribution in [-0.4, -0.2) is 32.9 Å². The van der Waals surface area contributed by atoms with Crippen LogP contribution in [0.15, 0.2) is 24.3 Å². The smallest absolute Gasteiger partial charge is 0.384 e. The first kappa shape index (κ1) is 17.5. The highest BCUT2D eigenvalue weighted by Gasteiger charge is 2.29. The molecule has 9 heteroatoms. The van der Waals surface area contributed by atoms with Crippen LogP contribution in [0.4, 0.5) is 13.2 Å². The van der Waals surface area contributed by atoms with E-state index in [1.807, 2.05) is 4.72 Å². The van der Waals surface area contributed by atoms with Crippen molar-refractivity contribution in [3.63, 3.8) is 0 Å². The Bertz CT molecular complexity index is 616. The average molecular weight is 322 g/mol. The van der Waals surface area contributed by atoms with Gasteiger partial charge in [0.05, 0.1) is 0 Å². The fraction of sp³-hybridized carbons (Fsp3) is 0.333. The van der Waals surface area contributed by atoms with Gasteiger partial charge < -0.3 is 5.11 Å². The third-order valence-corrected chi connectivity index (χ3v) is 3.24. The van der Waals surface area contributed by atoms with Gasteiger partial charge in [-0.2, -0.15) is 31.0 Å². The lowest BCUT2D eigenvalue weighted by Gasteiger charge is -2.10. The van der Waals surface area contributed by atoms with E-state index >= 15 is 0 Å². The molecule has 1 rings (SSSR count). The quantitative estimate of drug-likeness (QED) is 0.692. The normalized spacial score (nSPS) is 11.8. The van der Waals surface area contributed by atoms with Gasteiger partial charge >= 0.3 is 6.18 Å². The van der Waals surface area contributed by atoms with Crippen LogP contribution in [0.2, 0.25) is 0 Å². The summed E-state index contributed by atoms with van der Waals surface area (Å²) in [6.45, 7) is -2.05. The second-order valence-electron chi connectivity index (χ2n) is 3.92. The van der Waals surface area contributed by atoms with Crippen LogP contribution in [0.3, 0.4) is 0 Å². The topological polar surface area (TPSA) is 78.4 Å². The zero-order valence-corrected chi connectivity index (χ0v) is 11.6. The highest BCUT2D eigenvalue weighted by Crippen LogP contribution is 2.12. The molecule has 116 valence electrons. The van der Waals surface area contributed by atoms with Crippen molar-refractivity contribution in [2.75, 3.05) is 13.2 Å². The summed E-state index contributed by atoms with van der Waals surface area (Å²) in [6.07, 6.45) is -4.61. The van der Waals surface area contributed by atoms with E-state index in [1.165, 1.54) is 4.72 Å². The van der Waals surface area contributed by atoms with Crippen molar-refractivity contribution in [3.8, 4) is 11.8 Å². The van der Waals surface area contributed by atoms with E-state index in [2.05, 4.69) is 11.8 Å². The monoisotopic (exact) mass is 322 g/mol. The van der Waals surface area contributed by atoms with Crippen LogP contribution in [0.5, 0.6) is 0 Å². The van der Waals surface area contributed by atoms with Crippen molar-refractivity contribution in [3.05, 3.63) is 35.4 Å². The lowest BCUT2D eigenvalue weighted by molar-refractivity contribution is -0.121. The summed E-state index contributed by atoms with van der Waals surface area (Å²) < 4.78 is 61.7. The number of alkyl halides is 3. The van der Waals surface area contributed by atoms with Gasteiger partial charge in [-0.05, 0) is 17.7 Å². The molecule has 3 N–H and O–H groups in total. The molecule has 5 nitrogen and oxygen atoms in total. The number of hydrogen-bond acceptors (Lipinski definition) is 3. The Kier molecular flexibility index (Phi) is 6.17. The van der Waals surface area contributed by atoms with E-state index in [4.69, 9.17) is 5.11 Å². The molecule has 0 atom stereocenters. The molecule has 1 aromatic carbocycles. The number of aliphatic hydroxyl groups is 1. The van der Waals surface area contributed by atoms with E-state index < -0.39 is 22.9 Å². The summed E-state index contributed by atoms with van der Waals surface area (Å²) in [5.41, 5.74) is 1.19. The Hall–Kier alpha value is -1.60. The maximum absolute atomic E-state index is 11.9. The van der Waals surface area contributed by atoms with Crippen LogP contribution >= 0.6 is 0 Å². The van der Waals surface area contributed by atoms with Gasteiger partial charge in [-0.15, -0.1) is 0 Å². The summed E-state index contributed by atoms with van der Waals surface area (Å²) in [7, 11) is -4.22. The number of halogens is 3. The van der Waals surface area contributed by atoms with Gasteiger partial charge in [0.1, 0.15) is 13.2 Å². The molecule has 0 fully saturated rings. The van der Waals surface area contributed by atoms with Crippen molar-refractivity contribution in [2.45, 2.75) is 12.7 Å². The summed E-state index contributed by atoms with van der Waals surface area (Å²) in [5.74, 6) is 5.10. The Morgan fingerprint density at radius 3 is 2.29 bits per heavy atom. The number of benzene rings is 1. The molecule has 0 aliphatic rings. The van der Waals surface area contributed by atoms with Gasteiger partial charge in [0.25, 0.3) is 10.2 Å². The molecule has 0 radical (unpaired) electrons. The minimum atomic E-state index is -4.61. The van der Waals surface area contributed by atoms with Crippen LogP contribution in [-0.2, 0) is 16.8 Å². The first-order valence-electron chi connectivity index (χ1n) is 5.71. The molecule has 0 aromatic heterocycles. The molecule has 0 saturated heterocycles. The van der Waals surface area contributed by atoms with Gasteiger partial charge in [-0.1, -0.05) is 24.0 Å². The standard InChI is InChI=1S/C12H13F3N2O3S/c13-12(14,15)9-17-21(19,20)16-8-11-5-3-10(4-6-11)2-1-7-18/h3-6,16-18H,7-9H2. The summed E-state index contributed by atoms with van der Waals surface area (Å²) in [6, 6.07) is 6.37. The first-order chi connectivity index (χ1) is 9.72. The molecule has 0 heterocycles. The van der Waals surface area contributed by atoms with Gasteiger partial charge in [0.2, 0.25) is 0 Å². The van der Waals surface area contributed by atoms with Crippen molar-refractivity contribution in [2.24, 2.45) is 0 Å². The van der Waals surface area contributed by atoms with E-state index in [0.29, 0.717) is 11.1 Å².